The minimum atomic E-state index is 0.0324. The summed E-state index contributed by atoms with van der Waals surface area (Å²) in [4.78, 5) is 17.7. The Hall–Kier alpha value is -2.40. The lowest BCUT2D eigenvalue weighted by Crippen LogP contribution is -2.28. The van der Waals surface area contributed by atoms with Crippen molar-refractivity contribution < 1.29 is 9.53 Å². The molecular weight excluding hydrogens is 326 g/mol. The fraction of sp³-hybridized carbons (Fsp3) is 0.429. The fourth-order valence-electron chi connectivity index (χ4n) is 3.30. The van der Waals surface area contributed by atoms with Gasteiger partial charge in [-0.25, -0.2) is 0 Å². The van der Waals surface area contributed by atoms with Crippen LogP contribution >= 0.6 is 0 Å². The first-order valence-corrected chi connectivity index (χ1v) is 9.27. The quantitative estimate of drug-likeness (QED) is 0.864. The average Bonchev–Trinajstić information content (AvgIpc) is 3.19. The van der Waals surface area contributed by atoms with Crippen LogP contribution in [-0.2, 0) is 11.2 Å². The zero-order valence-electron chi connectivity index (χ0n) is 15.8. The van der Waals surface area contributed by atoms with Gasteiger partial charge in [0.25, 0.3) is 0 Å². The number of anilines is 1. The average molecular weight is 353 g/mol. The first-order valence-electron chi connectivity index (χ1n) is 9.27. The van der Waals surface area contributed by atoms with E-state index in [1.807, 2.05) is 31.4 Å². The molecule has 0 unspecified atom stereocenters. The molecule has 5 nitrogen and oxygen atoms in total. The molecule has 1 aliphatic rings. The van der Waals surface area contributed by atoms with Crippen molar-refractivity contribution in [3.05, 3.63) is 42.2 Å². The van der Waals surface area contributed by atoms with E-state index in [9.17, 15) is 4.79 Å². The Kier molecular flexibility index (Phi) is 5.89. The van der Waals surface area contributed by atoms with Crippen molar-refractivity contribution in [1.29, 1.82) is 0 Å². The number of nitrogens with zero attached hydrogens (tertiary/aromatic N) is 2. The van der Waals surface area contributed by atoms with E-state index in [1.165, 1.54) is 6.42 Å². The largest absolute Gasteiger partial charge is 0.490 e. The van der Waals surface area contributed by atoms with E-state index in [1.54, 1.807) is 18.0 Å². The maximum atomic E-state index is 11.7. The zero-order chi connectivity index (χ0) is 18.5. The SMILES string of the molecule is CCc1cc(-c2cncc(OC[C@H]3CCCN3)c2)ccc1N(C)C(C)=O. The van der Waals surface area contributed by atoms with Crippen LogP contribution in [-0.4, -0.2) is 37.1 Å². The Labute approximate surface area is 155 Å². The molecule has 2 heterocycles. The number of aryl methyl sites for hydroxylation is 1. The van der Waals surface area contributed by atoms with E-state index in [0.29, 0.717) is 12.6 Å². The number of pyridine rings is 1. The van der Waals surface area contributed by atoms with E-state index >= 15 is 0 Å². The van der Waals surface area contributed by atoms with E-state index in [-0.39, 0.29) is 5.91 Å². The van der Waals surface area contributed by atoms with Gasteiger partial charge in [-0.1, -0.05) is 13.0 Å². The summed E-state index contributed by atoms with van der Waals surface area (Å²) in [5, 5.41) is 3.44. The minimum Gasteiger partial charge on any atom is -0.490 e. The van der Waals surface area contributed by atoms with Crippen LogP contribution in [0, 0.1) is 0 Å². The van der Waals surface area contributed by atoms with E-state index in [2.05, 4.69) is 23.3 Å². The molecule has 26 heavy (non-hydrogen) atoms. The first kappa shape index (κ1) is 18.4. The lowest BCUT2D eigenvalue weighted by atomic mass is 10.0. The van der Waals surface area contributed by atoms with Gasteiger partial charge in [0.2, 0.25) is 5.91 Å². The Balaban J connectivity index is 1.79. The topological polar surface area (TPSA) is 54.5 Å². The van der Waals surface area contributed by atoms with Gasteiger partial charge in [-0.3, -0.25) is 9.78 Å². The van der Waals surface area contributed by atoms with Gasteiger partial charge in [0, 0.05) is 37.5 Å². The lowest BCUT2D eigenvalue weighted by molar-refractivity contribution is -0.116. The van der Waals surface area contributed by atoms with Crippen molar-refractivity contribution in [3.63, 3.8) is 0 Å². The number of hydrogen-bond donors (Lipinski definition) is 1. The summed E-state index contributed by atoms with van der Waals surface area (Å²) in [6.07, 6.45) is 6.85. The van der Waals surface area contributed by atoms with E-state index < -0.39 is 0 Å². The molecule has 0 radical (unpaired) electrons. The fourth-order valence-corrected chi connectivity index (χ4v) is 3.30. The number of hydrogen-bond acceptors (Lipinski definition) is 4. The summed E-state index contributed by atoms with van der Waals surface area (Å²) < 4.78 is 5.92. The van der Waals surface area contributed by atoms with Crippen molar-refractivity contribution >= 4 is 11.6 Å². The van der Waals surface area contributed by atoms with Crippen LogP contribution in [0.4, 0.5) is 5.69 Å². The van der Waals surface area contributed by atoms with Crippen LogP contribution in [0.3, 0.4) is 0 Å². The summed E-state index contributed by atoms with van der Waals surface area (Å²) >= 11 is 0. The van der Waals surface area contributed by atoms with Crippen molar-refractivity contribution in [1.82, 2.24) is 10.3 Å². The van der Waals surface area contributed by atoms with Crippen molar-refractivity contribution in [2.75, 3.05) is 25.1 Å². The van der Waals surface area contributed by atoms with Crippen molar-refractivity contribution in [2.45, 2.75) is 39.2 Å². The molecular formula is C21H27N3O2. The summed E-state index contributed by atoms with van der Waals surface area (Å²) in [5.74, 6) is 0.823. The van der Waals surface area contributed by atoms with Gasteiger partial charge >= 0.3 is 0 Å². The predicted molar refractivity (Wildman–Crippen MR) is 105 cm³/mol. The maximum Gasteiger partial charge on any atom is 0.223 e. The Bertz CT molecular complexity index is 770. The Morgan fingerprint density at radius 3 is 2.85 bits per heavy atom. The van der Waals surface area contributed by atoms with Crippen LogP contribution in [0.5, 0.6) is 5.75 Å². The number of amides is 1. The van der Waals surface area contributed by atoms with Crippen LogP contribution in [0.1, 0.15) is 32.3 Å². The molecule has 1 fully saturated rings. The molecule has 0 bridgehead atoms. The second-order valence-electron chi connectivity index (χ2n) is 6.79. The molecule has 1 N–H and O–H groups in total. The second kappa shape index (κ2) is 8.32. The Morgan fingerprint density at radius 2 is 2.15 bits per heavy atom. The molecule has 0 aliphatic carbocycles. The van der Waals surface area contributed by atoms with Gasteiger partial charge in [0.1, 0.15) is 12.4 Å². The molecule has 2 aromatic rings. The highest BCUT2D eigenvalue weighted by Gasteiger charge is 2.15. The highest BCUT2D eigenvalue weighted by atomic mass is 16.5. The molecule has 1 atom stereocenters. The molecule has 138 valence electrons. The highest BCUT2D eigenvalue weighted by Crippen LogP contribution is 2.29. The maximum absolute atomic E-state index is 11.7. The molecule has 0 saturated carbocycles. The summed E-state index contributed by atoms with van der Waals surface area (Å²) in [7, 11) is 1.81. The number of aromatic nitrogens is 1. The number of carbonyl (C=O) groups excluding carboxylic acids is 1. The standard InChI is InChI=1S/C21H27N3O2/c1-4-16-10-17(7-8-21(16)24(3)15(2)25)18-11-20(13-22-12-18)26-14-19-6-5-9-23-19/h7-8,10-13,19,23H,4-6,9,14H2,1-3H3/t19-/m1/s1. The second-order valence-corrected chi connectivity index (χ2v) is 6.79. The van der Waals surface area contributed by atoms with Crippen molar-refractivity contribution in [2.24, 2.45) is 0 Å². The third kappa shape index (κ3) is 4.22. The monoisotopic (exact) mass is 353 g/mol. The zero-order valence-corrected chi connectivity index (χ0v) is 15.8. The molecule has 1 aromatic heterocycles. The molecule has 1 amide bonds. The number of rotatable bonds is 6. The third-order valence-corrected chi connectivity index (χ3v) is 4.95. The van der Waals surface area contributed by atoms with Gasteiger partial charge in [-0.2, -0.15) is 0 Å². The number of ether oxygens (including phenoxy) is 1. The van der Waals surface area contributed by atoms with Crippen LogP contribution < -0.4 is 15.0 Å². The van der Waals surface area contributed by atoms with Gasteiger partial charge in [0.15, 0.2) is 0 Å². The lowest BCUT2D eigenvalue weighted by Gasteiger charge is -2.19. The normalized spacial score (nSPS) is 16.5. The smallest absolute Gasteiger partial charge is 0.223 e. The summed E-state index contributed by atoms with van der Waals surface area (Å²) in [5.41, 5.74) is 4.20. The predicted octanol–water partition coefficient (Wildman–Crippen LogP) is 3.42. The molecule has 1 aromatic carbocycles. The number of nitrogens with one attached hydrogen (secondary N) is 1. The van der Waals surface area contributed by atoms with Crippen LogP contribution in [0.2, 0.25) is 0 Å². The van der Waals surface area contributed by atoms with Crippen LogP contribution in [0.25, 0.3) is 11.1 Å². The summed E-state index contributed by atoms with van der Waals surface area (Å²) in [6, 6.07) is 8.64. The highest BCUT2D eigenvalue weighted by molar-refractivity contribution is 5.92. The number of carbonyl (C=O) groups is 1. The number of benzene rings is 1. The Morgan fingerprint density at radius 1 is 1.31 bits per heavy atom. The van der Waals surface area contributed by atoms with Gasteiger partial charge < -0.3 is 15.0 Å². The van der Waals surface area contributed by atoms with Gasteiger partial charge in [-0.15, -0.1) is 0 Å². The third-order valence-electron chi connectivity index (χ3n) is 4.95. The molecule has 5 heteroatoms. The van der Waals surface area contributed by atoms with Gasteiger partial charge in [0.05, 0.1) is 6.20 Å². The molecule has 3 rings (SSSR count). The minimum absolute atomic E-state index is 0.0324. The van der Waals surface area contributed by atoms with E-state index in [4.69, 9.17) is 4.74 Å². The van der Waals surface area contributed by atoms with Crippen molar-refractivity contribution in [3.8, 4) is 16.9 Å². The van der Waals surface area contributed by atoms with Crippen LogP contribution in [0.15, 0.2) is 36.7 Å². The molecule has 0 spiro atoms. The van der Waals surface area contributed by atoms with Gasteiger partial charge in [-0.05, 0) is 55.1 Å². The molecule has 1 aliphatic heterocycles. The van der Waals surface area contributed by atoms with E-state index in [0.717, 1.165) is 47.5 Å². The summed E-state index contributed by atoms with van der Waals surface area (Å²) in [6.45, 7) is 5.43. The first-order chi connectivity index (χ1) is 12.6. The molecule has 1 saturated heterocycles.